The predicted octanol–water partition coefficient (Wildman–Crippen LogP) is 2.31. The molecule has 4 nitrogen and oxygen atoms in total. The normalized spacial score (nSPS) is 19.0. The first kappa shape index (κ1) is 13.9. The zero-order chi connectivity index (χ0) is 14.0. The molecular formula is C14H16ClN3O. The molecule has 1 N–H and O–H groups in total. The van der Waals surface area contributed by atoms with E-state index in [1.807, 2.05) is 13.8 Å². The van der Waals surface area contributed by atoms with Crippen molar-refractivity contribution in [2.24, 2.45) is 0 Å². The van der Waals surface area contributed by atoms with Crippen LogP contribution in [0.5, 0.6) is 0 Å². The molecule has 1 saturated heterocycles. The molecule has 1 aromatic carbocycles. The molecule has 0 radical (unpaired) electrons. The molecule has 0 aliphatic carbocycles. The molecule has 100 valence electrons. The van der Waals surface area contributed by atoms with Gasteiger partial charge in [-0.25, -0.2) is 0 Å². The minimum Gasteiger partial charge on any atom is -0.310 e. The molecule has 1 amide bonds. The van der Waals surface area contributed by atoms with E-state index in [1.54, 1.807) is 23.1 Å². The molecule has 0 spiro atoms. The monoisotopic (exact) mass is 277 g/mol. The van der Waals surface area contributed by atoms with E-state index in [1.165, 1.54) is 0 Å². The van der Waals surface area contributed by atoms with E-state index in [9.17, 15) is 4.79 Å². The lowest BCUT2D eigenvalue weighted by atomic mass is 10.2. The quantitative estimate of drug-likeness (QED) is 0.922. The van der Waals surface area contributed by atoms with Crippen molar-refractivity contribution in [3.8, 4) is 6.07 Å². The Morgan fingerprint density at radius 1 is 1.53 bits per heavy atom. The maximum Gasteiger partial charge on any atom is 0.244 e. The second kappa shape index (κ2) is 5.60. The summed E-state index contributed by atoms with van der Waals surface area (Å²) >= 11 is 5.96. The van der Waals surface area contributed by atoms with Crippen LogP contribution in [0, 0.1) is 11.3 Å². The molecule has 2 rings (SSSR count). The number of hydrogen-bond acceptors (Lipinski definition) is 3. The van der Waals surface area contributed by atoms with Crippen molar-refractivity contribution in [2.45, 2.75) is 32.4 Å². The third-order valence-corrected chi connectivity index (χ3v) is 3.35. The topological polar surface area (TPSA) is 56.1 Å². The molecule has 19 heavy (non-hydrogen) atoms. The van der Waals surface area contributed by atoms with Gasteiger partial charge in [0.05, 0.1) is 17.3 Å². The smallest absolute Gasteiger partial charge is 0.244 e. The predicted molar refractivity (Wildman–Crippen MR) is 75.2 cm³/mol. The van der Waals surface area contributed by atoms with Gasteiger partial charge in [0.2, 0.25) is 5.91 Å². The number of carbonyl (C=O) groups is 1. The number of hydrogen-bond donors (Lipinski definition) is 1. The van der Waals surface area contributed by atoms with E-state index < -0.39 is 0 Å². The summed E-state index contributed by atoms with van der Waals surface area (Å²) in [6.45, 7) is 4.63. The molecule has 1 aliphatic heterocycles. The van der Waals surface area contributed by atoms with Gasteiger partial charge in [-0.1, -0.05) is 25.4 Å². The van der Waals surface area contributed by atoms with Crippen LogP contribution in [0.3, 0.4) is 0 Å². The van der Waals surface area contributed by atoms with Gasteiger partial charge in [0.15, 0.2) is 0 Å². The van der Waals surface area contributed by atoms with Crippen LogP contribution in [-0.2, 0) is 4.79 Å². The molecule has 0 aromatic heterocycles. The van der Waals surface area contributed by atoms with E-state index >= 15 is 0 Å². The van der Waals surface area contributed by atoms with Crippen molar-refractivity contribution >= 4 is 23.2 Å². The van der Waals surface area contributed by atoms with Gasteiger partial charge in [-0.3, -0.25) is 4.79 Å². The van der Waals surface area contributed by atoms with E-state index in [-0.39, 0.29) is 18.0 Å². The lowest BCUT2D eigenvalue weighted by Gasteiger charge is -2.19. The molecule has 1 heterocycles. The largest absolute Gasteiger partial charge is 0.310 e. The maximum atomic E-state index is 12.3. The zero-order valence-electron chi connectivity index (χ0n) is 11.0. The number of benzene rings is 1. The highest BCUT2D eigenvalue weighted by Crippen LogP contribution is 2.28. The lowest BCUT2D eigenvalue weighted by Crippen LogP contribution is -2.41. The Balaban J connectivity index is 2.27. The van der Waals surface area contributed by atoms with Gasteiger partial charge in [-0.05, 0) is 24.6 Å². The van der Waals surface area contributed by atoms with Crippen LogP contribution >= 0.6 is 11.6 Å². The van der Waals surface area contributed by atoms with Crippen LogP contribution in [0.15, 0.2) is 18.2 Å². The fourth-order valence-electron chi connectivity index (χ4n) is 2.30. The molecule has 1 fully saturated rings. The fourth-order valence-corrected chi connectivity index (χ4v) is 2.47. The zero-order valence-corrected chi connectivity index (χ0v) is 11.7. The minimum atomic E-state index is -0.175. The number of rotatable bonds is 3. The first-order valence-corrected chi connectivity index (χ1v) is 6.68. The van der Waals surface area contributed by atoms with Gasteiger partial charge < -0.3 is 10.2 Å². The highest BCUT2D eigenvalue weighted by molar-refractivity contribution is 6.31. The maximum absolute atomic E-state index is 12.3. The number of nitriles is 1. The Kier molecular flexibility index (Phi) is 4.08. The van der Waals surface area contributed by atoms with Gasteiger partial charge >= 0.3 is 0 Å². The summed E-state index contributed by atoms with van der Waals surface area (Å²) in [5, 5.41) is 12.9. The van der Waals surface area contributed by atoms with Gasteiger partial charge in [-0.15, -0.1) is 0 Å². The number of amides is 1. The third-order valence-electron chi connectivity index (χ3n) is 3.11. The molecule has 1 atom stereocenters. The van der Waals surface area contributed by atoms with Crippen molar-refractivity contribution in [3.05, 3.63) is 28.8 Å². The number of anilines is 1. The first-order valence-electron chi connectivity index (χ1n) is 6.30. The van der Waals surface area contributed by atoms with E-state index in [0.29, 0.717) is 22.8 Å². The summed E-state index contributed by atoms with van der Waals surface area (Å²) in [7, 11) is 0. The summed E-state index contributed by atoms with van der Waals surface area (Å²) in [6.07, 6.45) is 0.744. The Bertz CT molecular complexity index is 536. The second-order valence-electron chi connectivity index (χ2n) is 4.93. The number of nitrogens with zero attached hydrogens (tertiary/aromatic N) is 2. The third kappa shape index (κ3) is 2.89. The van der Waals surface area contributed by atoms with Crippen LogP contribution in [-0.4, -0.2) is 24.5 Å². The SMILES string of the molecule is CC(C)NC1CCN(c2cc(Cl)ccc2C#N)C1=O. The van der Waals surface area contributed by atoms with Crippen LogP contribution < -0.4 is 10.2 Å². The van der Waals surface area contributed by atoms with Gasteiger partial charge in [0, 0.05) is 17.6 Å². The molecule has 0 saturated carbocycles. The summed E-state index contributed by atoms with van der Waals surface area (Å²) in [5.41, 5.74) is 1.08. The van der Waals surface area contributed by atoms with Crippen LogP contribution in [0.2, 0.25) is 5.02 Å². The lowest BCUT2D eigenvalue weighted by molar-refractivity contribution is -0.118. The van der Waals surface area contributed by atoms with E-state index in [0.717, 1.165) is 6.42 Å². The Labute approximate surface area is 118 Å². The van der Waals surface area contributed by atoms with Crippen molar-refractivity contribution in [1.29, 1.82) is 5.26 Å². The summed E-state index contributed by atoms with van der Waals surface area (Å²) < 4.78 is 0. The molecule has 5 heteroatoms. The number of nitrogens with one attached hydrogen (secondary N) is 1. The molecule has 0 bridgehead atoms. The fraction of sp³-hybridized carbons (Fsp3) is 0.429. The minimum absolute atomic E-state index is 0.00691. The Morgan fingerprint density at radius 3 is 2.89 bits per heavy atom. The average molecular weight is 278 g/mol. The number of halogens is 1. The van der Waals surface area contributed by atoms with Crippen molar-refractivity contribution < 1.29 is 4.79 Å². The van der Waals surface area contributed by atoms with Crippen molar-refractivity contribution in [2.75, 3.05) is 11.4 Å². The van der Waals surface area contributed by atoms with Gasteiger partial charge in [0.1, 0.15) is 6.07 Å². The van der Waals surface area contributed by atoms with Crippen LogP contribution in [0.1, 0.15) is 25.8 Å². The van der Waals surface area contributed by atoms with Gasteiger partial charge in [-0.2, -0.15) is 5.26 Å². The van der Waals surface area contributed by atoms with Crippen LogP contribution in [0.4, 0.5) is 5.69 Å². The molecule has 1 aliphatic rings. The highest BCUT2D eigenvalue weighted by atomic mass is 35.5. The molecule has 1 aromatic rings. The summed E-state index contributed by atoms with van der Waals surface area (Å²) in [4.78, 5) is 14.0. The molecule has 1 unspecified atom stereocenters. The van der Waals surface area contributed by atoms with Crippen molar-refractivity contribution in [1.82, 2.24) is 5.32 Å². The average Bonchev–Trinajstić information content (AvgIpc) is 2.70. The molecular weight excluding hydrogens is 262 g/mol. The van der Waals surface area contributed by atoms with Crippen molar-refractivity contribution in [3.63, 3.8) is 0 Å². The van der Waals surface area contributed by atoms with Crippen LogP contribution in [0.25, 0.3) is 0 Å². The summed E-state index contributed by atoms with van der Waals surface area (Å²) in [6, 6.07) is 7.16. The van der Waals surface area contributed by atoms with E-state index in [2.05, 4.69) is 11.4 Å². The number of carbonyl (C=O) groups excluding carboxylic acids is 1. The Hall–Kier alpha value is -1.57. The standard InChI is InChI=1S/C14H16ClN3O/c1-9(2)17-12-5-6-18(14(12)19)13-7-11(15)4-3-10(13)8-16/h3-4,7,9,12,17H,5-6H2,1-2H3. The highest BCUT2D eigenvalue weighted by Gasteiger charge is 2.33. The second-order valence-corrected chi connectivity index (χ2v) is 5.36. The Morgan fingerprint density at radius 2 is 2.26 bits per heavy atom. The first-order chi connectivity index (χ1) is 9.02. The van der Waals surface area contributed by atoms with E-state index in [4.69, 9.17) is 16.9 Å². The summed E-state index contributed by atoms with van der Waals surface area (Å²) in [5.74, 6) is 0.00691. The van der Waals surface area contributed by atoms with Gasteiger partial charge in [0.25, 0.3) is 0 Å².